The summed E-state index contributed by atoms with van der Waals surface area (Å²) < 4.78 is 15.7. The van der Waals surface area contributed by atoms with Gasteiger partial charge in [-0.2, -0.15) is 0 Å². The maximum atomic E-state index is 12.5. The van der Waals surface area contributed by atoms with Gasteiger partial charge in [-0.15, -0.1) is 0 Å². The van der Waals surface area contributed by atoms with Crippen LogP contribution in [0.2, 0.25) is 0 Å². The summed E-state index contributed by atoms with van der Waals surface area (Å²) in [6.07, 6.45) is -0.274. The van der Waals surface area contributed by atoms with Gasteiger partial charge in [0.15, 0.2) is 23.1 Å². The number of fused-ring (bicyclic) bond motifs is 1. The molecule has 0 aromatic heterocycles. The molecule has 2 aromatic carbocycles. The molecule has 2 aromatic rings. The molecule has 0 saturated heterocycles. The number of carbonyl (C=O) groups excluding carboxylic acids is 2. The molecule has 1 aliphatic heterocycles. The molecule has 3 rings (SSSR count). The van der Waals surface area contributed by atoms with Crippen LogP contribution in [0.25, 0.3) is 0 Å². The third-order valence-corrected chi connectivity index (χ3v) is 4.05. The lowest BCUT2D eigenvalue weighted by atomic mass is 9.99. The maximum absolute atomic E-state index is 12.5. The van der Waals surface area contributed by atoms with Crippen molar-refractivity contribution in [1.29, 1.82) is 0 Å². The largest absolute Gasteiger partial charge is 0.507 e. The second-order valence-corrected chi connectivity index (χ2v) is 5.69. The van der Waals surface area contributed by atoms with E-state index in [1.807, 2.05) is 0 Å². The van der Waals surface area contributed by atoms with Crippen LogP contribution in [0.3, 0.4) is 0 Å². The number of Topliss-reactive ketones (excluding diaryl/α,β-unsaturated/α-hetero) is 2. The van der Waals surface area contributed by atoms with Crippen LogP contribution in [0.5, 0.6) is 28.7 Å². The van der Waals surface area contributed by atoms with Crippen LogP contribution in [-0.2, 0) is 0 Å². The van der Waals surface area contributed by atoms with Crippen LogP contribution in [0.1, 0.15) is 33.6 Å². The van der Waals surface area contributed by atoms with Crippen molar-refractivity contribution in [1.82, 2.24) is 0 Å². The Kier molecular flexibility index (Phi) is 4.97. The summed E-state index contributed by atoms with van der Waals surface area (Å²) in [7, 11) is 1.46. The Morgan fingerprint density at radius 1 is 1.08 bits per heavy atom. The highest BCUT2D eigenvalue weighted by molar-refractivity contribution is 6.06. The van der Waals surface area contributed by atoms with Crippen molar-refractivity contribution in [3.8, 4) is 28.7 Å². The smallest absolute Gasteiger partial charge is 0.204 e. The van der Waals surface area contributed by atoms with E-state index in [9.17, 15) is 19.8 Å². The average molecular weight is 358 g/mol. The van der Waals surface area contributed by atoms with Crippen molar-refractivity contribution in [3.05, 3.63) is 41.5 Å². The Balaban J connectivity index is 1.77. The summed E-state index contributed by atoms with van der Waals surface area (Å²) in [5.41, 5.74) is 0.0977. The Hall–Kier alpha value is -3.22. The molecule has 0 amide bonds. The van der Waals surface area contributed by atoms with Gasteiger partial charge in [0.25, 0.3) is 0 Å². The number of hydrogen-bond donors (Lipinski definition) is 2. The zero-order valence-electron chi connectivity index (χ0n) is 14.2. The SMILES string of the molecule is COc1ccccc1C(=O)CCC(=O)c1c(O)cc2c(c1O)OCCO2. The van der Waals surface area contributed by atoms with Gasteiger partial charge in [0.05, 0.1) is 12.7 Å². The Bertz CT molecular complexity index is 857. The number of hydrogen-bond acceptors (Lipinski definition) is 7. The maximum Gasteiger partial charge on any atom is 0.204 e. The molecule has 0 atom stereocenters. The van der Waals surface area contributed by atoms with Gasteiger partial charge >= 0.3 is 0 Å². The Labute approximate surface area is 149 Å². The van der Waals surface area contributed by atoms with Gasteiger partial charge in [-0.25, -0.2) is 0 Å². The number of ether oxygens (including phenoxy) is 3. The molecule has 0 radical (unpaired) electrons. The number of phenolic OH excluding ortho intramolecular Hbond substituents is 2. The van der Waals surface area contributed by atoms with E-state index in [4.69, 9.17) is 14.2 Å². The monoisotopic (exact) mass is 358 g/mol. The third-order valence-electron chi connectivity index (χ3n) is 4.05. The van der Waals surface area contributed by atoms with Crippen LogP contribution in [0.15, 0.2) is 30.3 Å². The number of methoxy groups -OCH3 is 1. The van der Waals surface area contributed by atoms with Gasteiger partial charge in [-0.05, 0) is 12.1 Å². The lowest BCUT2D eigenvalue weighted by Crippen LogP contribution is -2.16. The molecule has 2 N–H and O–H groups in total. The molecule has 0 unspecified atom stereocenters. The zero-order chi connectivity index (χ0) is 18.7. The topological polar surface area (TPSA) is 102 Å². The lowest BCUT2D eigenvalue weighted by Gasteiger charge is -2.21. The molecule has 0 fully saturated rings. The fourth-order valence-corrected chi connectivity index (χ4v) is 2.79. The van der Waals surface area contributed by atoms with Gasteiger partial charge in [0.1, 0.15) is 30.3 Å². The van der Waals surface area contributed by atoms with Crippen LogP contribution in [-0.4, -0.2) is 42.1 Å². The molecular formula is C19H18O7. The van der Waals surface area contributed by atoms with Crippen molar-refractivity contribution in [2.24, 2.45) is 0 Å². The molecule has 0 spiro atoms. The van der Waals surface area contributed by atoms with E-state index in [2.05, 4.69) is 0 Å². The molecule has 136 valence electrons. The van der Waals surface area contributed by atoms with Crippen molar-refractivity contribution < 1.29 is 34.0 Å². The zero-order valence-corrected chi connectivity index (χ0v) is 14.2. The van der Waals surface area contributed by atoms with Crippen molar-refractivity contribution in [2.45, 2.75) is 12.8 Å². The molecule has 1 aliphatic rings. The molecule has 0 saturated carbocycles. The number of phenols is 2. The first-order valence-corrected chi connectivity index (χ1v) is 8.07. The van der Waals surface area contributed by atoms with Crippen LogP contribution < -0.4 is 14.2 Å². The lowest BCUT2D eigenvalue weighted by molar-refractivity contribution is 0.0911. The van der Waals surface area contributed by atoms with Gasteiger partial charge < -0.3 is 24.4 Å². The minimum atomic E-state index is -0.569. The number of carbonyl (C=O) groups is 2. The highest BCUT2D eigenvalue weighted by Crippen LogP contribution is 2.46. The molecule has 0 bridgehead atoms. The summed E-state index contributed by atoms with van der Waals surface area (Å²) in [6.45, 7) is 0.512. The second kappa shape index (κ2) is 7.35. The first kappa shape index (κ1) is 17.6. The first-order valence-electron chi connectivity index (χ1n) is 8.07. The van der Waals surface area contributed by atoms with Crippen molar-refractivity contribution in [2.75, 3.05) is 20.3 Å². The predicted molar refractivity (Wildman–Crippen MR) is 91.7 cm³/mol. The fraction of sp³-hybridized carbons (Fsp3) is 0.263. The average Bonchev–Trinajstić information content (AvgIpc) is 2.66. The fourth-order valence-electron chi connectivity index (χ4n) is 2.79. The first-order chi connectivity index (χ1) is 12.5. The second-order valence-electron chi connectivity index (χ2n) is 5.69. The molecule has 7 heteroatoms. The van der Waals surface area contributed by atoms with E-state index >= 15 is 0 Å². The molecule has 1 heterocycles. The normalized spacial score (nSPS) is 12.5. The quantitative estimate of drug-likeness (QED) is 0.765. The van der Waals surface area contributed by atoms with Crippen molar-refractivity contribution >= 4 is 11.6 Å². The summed E-state index contributed by atoms with van der Waals surface area (Å²) >= 11 is 0. The van der Waals surface area contributed by atoms with E-state index in [1.165, 1.54) is 13.2 Å². The standard InChI is InChI=1S/C19H18O7/c1-24-15-5-3-2-4-11(15)12(20)6-7-13(21)17-14(22)10-16-19(18(17)23)26-9-8-25-16/h2-5,10,22-23H,6-9H2,1H3. The van der Waals surface area contributed by atoms with Crippen molar-refractivity contribution in [3.63, 3.8) is 0 Å². The van der Waals surface area contributed by atoms with Gasteiger partial charge in [-0.1, -0.05) is 12.1 Å². The number of rotatable bonds is 6. The number of aromatic hydroxyl groups is 2. The Morgan fingerprint density at radius 3 is 2.54 bits per heavy atom. The van der Waals surface area contributed by atoms with E-state index in [0.29, 0.717) is 11.3 Å². The highest BCUT2D eigenvalue weighted by atomic mass is 16.6. The highest BCUT2D eigenvalue weighted by Gasteiger charge is 2.27. The van der Waals surface area contributed by atoms with Gasteiger partial charge in [0, 0.05) is 18.9 Å². The van der Waals surface area contributed by atoms with E-state index in [1.54, 1.807) is 24.3 Å². The van der Waals surface area contributed by atoms with Crippen LogP contribution in [0, 0.1) is 0 Å². The summed E-state index contributed by atoms with van der Waals surface area (Å²) in [5.74, 6) is -1.11. The molecule has 7 nitrogen and oxygen atoms in total. The summed E-state index contributed by atoms with van der Waals surface area (Å²) in [4.78, 5) is 24.8. The summed E-state index contributed by atoms with van der Waals surface area (Å²) in [6, 6.07) is 7.95. The third kappa shape index (κ3) is 3.28. The van der Waals surface area contributed by atoms with Gasteiger partial charge in [-0.3, -0.25) is 9.59 Å². The minimum Gasteiger partial charge on any atom is -0.507 e. The van der Waals surface area contributed by atoms with E-state index in [0.717, 1.165) is 0 Å². The molecular weight excluding hydrogens is 340 g/mol. The Morgan fingerprint density at radius 2 is 1.77 bits per heavy atom. The predicted octanol–water partition coefficient (Wildman–Crippen LogP) is 2.72. The summed E-state index contributed by atoms with van der Waals surface area (Å²) in [5, 5.41) is 20.3. The molecule has 26 heavy (non-hydrogen) atoms. The molecule has 0 aliphatic carbocycles. The van der Waals surface area contributed by atoms with Crippen LogP contribution >= 0.6 is 0 Å². The minimum absolute atomic E-state index is 0.0217. The number of benzene rings is 2. The van der Waals surface area contributed by atoms with Crippen LogP contribution in [0.4, 0.5) is 0 Å². The van der Waals surface area contributed by atoms with E-state index in [-0.39, 0.29) is 48.9 Å². The number of ketones is 2. The van der Waals surface area contributed by atoms with Gasteiger partial charge in [0.2, 0.25) is 5.75 Å². The number of para-hydroxylation sites is 1. The van der Waals surface area contributed by atoms with E-state index < -0.39 is 17.3 Å².